The zero-order valence-corrected chi connectivity index (χ0v) is 10.9. The molecule has 1 heterocycles. The Hall–Kier alpha value is -1.22. The third-order valence-electron chi connectivity index (χ3n) is 3.93. The van der Waals surface area contributed by atoms with Crippen LogP contribution in [0.25, 0.3) is 0 Å². The SMILES string of the molecule is COC(=O)N/N=C/C1C[NH+]([O-])C2CCCCC2[NH+]1[O-]. The van der Waals surface area contributed by atoms with Gasteiger partial charge >= 0.3 is 6.09 Å². The molecular weight excluding hydrogens is 252 g/mol. The van der Waals surface area contributed by atoms with Gasteiger partial charge in [0.15, 0.2) is 6.04 Å². The zero-order valence-electron chi connectivity index (χ0n) is 10.9. The summed E-state index contributed by atoms with van der Waals surface area (Å²) in [7, 11) is 1.23. The number of hydrogen-bond donors (Lipinski definition) is 3. The number of piperazine rings is 1. The average molecular weight is 272 g/mol. The topological polar surface area (TPSA) is 106 Å². The van der Waals surface area contributed by atoms with Gasteiger partial charge in [-0.25, -0.2) is 10.2 Å². The van der Waals surface area contributed by atoms with E-state index in [4.69, 9.17) is 0 Å². The number of methoxy groups -OCH3 is 1. The minimum atomic E-state index is -0.693. The lowest BCUT2D eigenvalue weighted by Crippen LogP contribution is -3.32. The highest BCUT2D eigenvalue weighted by atomic mass is 16.5. The van der Waals surface area contributed by atoms with Crippen LogP contribution in [0.5, 0.6) is 0 Å². The molecule has 0 aromatic heterocycles. The highest BCUT2D eigenvalue weighted by molar-refractivity contribution is 5.70. The van der Waals surface area contributed by atoms with Crippen LogP contribution in [0.2, 0.25) is 0 Å². The van der Waals surface area contributed by atoms with Crippen LogP contribution in [0.15, 0.2) is 5.10 Å². The molecule has 1 aliphatic heterocycles. The number of carbonyl (C=O) groups is 1. The molecule has 1 aliphatic carbocycles. The number of nitrogens with zero attached hydrogens (tertiary/aromatic N) is 1. The van der Waals surface area contributed by atoms with Gasteiger partial charge in [-0.05, 0) is 12.8 Å². The standard InChI is InChI=1S/C11H20N4O4/c1-19-11(16)13-12-6-8-7-14(17)9-4-2-3-5-10(9)15(8)18/h6,8-10,14-15H,2-5,7H2,1H3,(H,13,16)/b12-6+. The van der Waals surface area contributed by atoms with Crippen molar-refractivity contribution in [2.24, 2.45) is 5.10 Å². The van der Waals surface area contributed by atoms with Gasteiger partial charge in [0.05, 0.1) is 13.3 Å². The van der Waals surface area contributed by atoms with Crippen LogP contribution < -0.4 is 15.6 Å². The fraction of sp³-hybridized carbons (Fsp3) is 0.818. The van der Waals surface area contributed by atoms with Gasteiger partial charge in [-0.2, -0.15) is 5.10 Å². The molecular formula is C11H20N4O4. The van der Waals surface area contributed by atoms with E-state index in [-0.39, 0.29) is 28.8 Å². The Kier molecular flexibility index (Phi) is 4.70. The maximum absolute atomic E-state index is 12.3. The van der Waals surface area contributed by atoms with E-state index in [1.165, 1.54) is 13.3 Å². The molecule has 108 valence electrons. The second-order valence-corrected chi connectivity index (χ2v) is 5.06. The third kappa shape index (κ3) is 3.21. The van der Waals surface area contributed by atoms with Gasteiger partial charge in [0.2, 0.25) is 0 Å². The summed E-state index contributed by atoms with van der Waals surface area (Å²) in [6.07, 6.45) is 4.32. The number of quaternary nitrogens is 2. The first-order valence-electron chi connectivity index (χ1n) is 6.57. The van der Waals surface area contributed by atoms with Crippen molar-refractivity contribution in [2.45, 2.75) is 43.8 Å². The summed E-state index contributed by atoms with van der Waals surface area (Å²) in [4.78, 5) is 10.8. The normalized spacial score (nSPS) is 38.8. The van der Waals surface area contributed by atoms with Crippen LogP contribution in [-0.2, 0) is 4.74 Å². The van der Waals surface area contributed by atoms with Crippen molar-refractivity contribution in [3.63, 3.8) is 0 Å². The smallest absolute Gasteiger partial charge is 0.427 e. The van der Waals surface area contributed by atoms with E-state index in [1.54, 1.807) is 0 Å². The molecule has 8 heteroatoms. The predicted octanol–water partition coefficient (Wildman–Crippen LogP) is -2.21. The second-order valence-electron chi connectivity index (χ2n) is 5.06. The molecule has 8 nitrogen and oxygen atoms in total. The summed E-state index contributed by atoms with van der Waals surface area (Å²) in [6.45, 7) is 0.201. The minimum absolute atomic E-state index is 0.0831. The Morgan fingerprint density at radius 1 is 1.37 bits per heavy atom. The molecule has 1 saturated carbocycles. The van der Waals surface area contributed by atoms with E-state index in [9.17, 15) is 15.2 Å². The summed E-state index contributed by atoms with van der Waals surface area (Å²) >= 11 is 0. The number of carbonyl (C=O) groups excluding carboxylic acids is 1. The number of amides is 1. The van der Waals surface area contributed by atoms with E-state index < -0.39 is 12.1 Å². The van der Waals surface area contributed by atoms with Crippen LogP contribution >= 0.6 is 0 Å². The monoisotopic (exact) mass is 272 g/mol. The molecule has 2 rings (SSSR count). The molecule has 5 atom stereocenters. The Morgan fingerprint density at radius 2 is 2.05 bits per heavy atom. The largest absolute Gasteiger partial charge is 0.634 e. The molecule has 0 aromatic carbocycles. The average Bonchev–Trinajstić information content (AvgIpc) is 2.44. The number of hydroxylamine groups is 4. The highest BCUT2D eigenvalue weighted by Crippen LogP contribution is 2.16. The van der Waals surface area contributed by atoms with Crippen molar-refractivity contribution in [3.8, 4) is 0 Å². The third-order valence-corrected chi connectivity index (χ3v) is 3.93. The molecule has 19 heavy (non-hydrogen) atoms. The lowest BCUT2D eigenvalue weighted by molar-refractivity contribution is -1.01. The summed E-state index contributed by atoms with van der Waals surface area (Å²) in [6, 6.07) is -0.743. The van der Waals surface area contributed by atoms with Crippen molar-refractivity contribution in [1.82, 2.24) is 5.43 Å². The second kappa shape index (κ2) is 6.29. The van der Waals surface area contributed by atoms with Crippen LogP contribution in [-0.4, -0.2) is 44.1 Å². The minimum Gasteiger partial charge on any atom is -0.634 e. The van der Waals surface area contributed by atoms with E-state index in [0.29, 0.717) is 0 Å². The zero-order chi connectivity index (χ0) is 13.8. The summed E-state index contributed by atoms with van der Waals surface area (Å²) in [5.41, 5.74) is 2.13. The molecule has 5 unspecified atom stereocenters. The van der Waals surface area contributed by atoms with Gasteiger partial charge in [0, 0.05) is 12.8 Å². The Bertz CT molecular complexity index is 352. The van der Waals surface area contributed by atoms with Crippen molar-refractivity contribution in [1.29, 1.82) is 0 Å². The number of rotatable bonds is 2. The van der Waals surface area contributed by atoms with Gasteiger partial charge in [-0.15, -0.1) is 0 Å². The predicted molar refractivity (Wildman–Crippen MR) is 67.4 cm³/mol. The number of hydrazone groups is 1. The first-order valence-corrected chi connectivity index (χ1v) is 6.57. The fourth-order valence-electron chi connectivity index (χ4n) is 2.95. The Morgan fingerprint density at radius 3 is 2.74 bits per heavy atom. The molecule has 0 bridgehead atoms. The molecule has 1 amide bonds. The Balaban J connectivity index is 1.96. The van der Waals surface area contributed by atoms with E-state index in [2.05, 4.69) is 15.3 Å². The quantitative estimate of drug-likeness (QED) is 0.301. The first kappa shape index (κ1) is 14.2. The van der Waals surface area contributed by atoms with Crippen LogP contribution in [0.1, 0.15) is 25.7 Å². The van der Waals surface area contributed by atoms with Crippen LogP contribution in [0.4, 0.5) is 4.79 Å². The molecule has 2 fully saturated rings. The summed E-state index contributed by atoms with van der Waals surface area (Å²) in [5, 5.41) is 28.2. The molecule has 2 aliphatic rings. The molecule has 0 aromatic rings. The maximum atomic E-state index is 12.3. The van der Waals surface area contributed by atoms with Crippen LogP contribution in [0, 0.1) is 10.4 Å². The molecule has 0 spiro atoms. The number of ether oxygens (including phenoxy) is 1. The van der Waals surface area contributed by atoms with Gasteiger partial charge in [-0.3, -0.25) is 0 Å². The van der Waals surface area contributed by atoms with Crippen molar-refractivity contribution in [3.05, 3.63) is 10.4 Å². The molecule has 3 N–H and O–H groups in total. The van der Waals surface area contributed by atoms with E-state index >= 15 is 0 Å². The van der Waals surface area contributed by atoms with Gasteiger partial charge in [0.25, 0.3) is 0 Å². The maximum Gasteiger partial charge on any atom is 0.427 e. The number of hydrogen-bond acceptors (Lipinski definition) is 5. The van der Waals surface area contributed by atoms with Gasteiger partial charge in [-0.1, -0.05) is 0 Å². The van der Waals surface area contributed by atoms with Crippen LogP contribution in [0.3, 0.4) is 0 Å². The first-order chi connectivity index (χ1) is 9.13. The van der Waals surface area contributed by atoms with Crippen molar-refractivity contribution in [2.75, 3.05) is 13.7 Å². The van der Waals surface area contributed by atoms with E-state index in [1.807, 2.05) is 0 Å². The summed E-state index contributed by atoms with van der Waals surface area (Å²) in [5.74, 6) is 0. The fourth-order valence-corrected chi connectivity index (χ4v) is 2.95. The van der Waals surface area contributed by atoms with Gasteiger partial charge < -0.3 is 25.3 Å². The molecule has 0 radical (unpaired) electrons. The number of fused-ring (bicyclic) bond motifs is 1. The van der Waals surface area contributed by atoms with Gasteiger partial charge in [0.1, 0.15) is 18.6 Å². The Labute approximate surface area is 111 Å². The lowest BCUT2D eigenvalue weighted by Gasteiger charge is -2.50. The van der Waals surface area contributed by atoms with E-state index in [0.717, 1.165) is 25.7 Å². The van der Waals surface area contributed by atoms with Crippen molar-refractivity contribution >= 4 is 12.3 Å². The highest BCUT2D eigenvalue weighted by Gasteiger charge is 2.42. The number of nitrogens with one attached hydrogen (secondary N) is 3. The lowest BCUT2D eigenvalue weighted by atomic mass is 9.87. The molecule has 1 saturated heterocycles. The van der Waals surface area contributed by atoms with Crippen molar-refractivity contribution < 1.29 is 19.7 Å². The summed E-state index contributed by atoms with van der Waals surface area (Å²) < 4.78 is 4.36.